The molecule has 0 saturated heterocycles. The van der Waals surface area contributed by atoms with Crippen LogP contribution in [-0.4, -0.2) is 28.1 Å². The molecule has 5 heteroatoms. The Kier molecular flexibility index (Phi) is 13.4. The van der Waals surface area contributed by atoms with Crippen molar-refractivity contribution in [1.29, 1.82) is 0 Å². The van der Waals surface area contributed by atoms with Crippen LogP contribution < -0.4 is 5.32 Å². The van der Waals surface area contributed by atoms with Gasteiger partial charge in [-0.05, 0) is 5.57 Å². The van der Waals surface area contributed by atoms with Gasteiger partial charge >= 0.3 is 0 Å². The van der Waals surface area contributed by atoms with E-state index in [1.807, 2.05) is 33.8 Å². The maximum atomic E-state index is 11.2. The molecule has 1 aromatic rings. The fraction of sp³-hybridized carbons (Fsp3) is 0.400. The number of nitrogens with one attached hydrogen (secondary N) is 2. The van der Waals surface area contributed by atoms with Gasteiger partial charge < -0.3 is 5.32 Å². The van der Waals surface area contributed by atoms with Gasteiger partial charge in [0.25, 0.3) is 5.91 Å². The molecule has 0 saturated carbocycles. The molecule has 1 rings (SSSR count). The van der Waals surface area contributed by atoms with Gasteiger partial charge in [-0.25, -0.2) is 4.98 Å². The molecule has 0 bridgehead atoms. The number of amides is 1. The lowest BCUT2D eigenvalue weighted by atomic mass is 10.1. The molecule has 20 heavy (non-hydrogen) atoms. The van der Waals surface area contributed by atoms with Crippen LogP contribution in [0, 0.1) is 0 Å². The third-order valence-electron chi connectivity index (χ3n) is 1.93. The van der Waals surface area contributed by atoms with Crippen molar-refractivity contribution in [3.8, 4) is 0 Å². The second kappa shape index (κ2) is 13.3. The fourth-order valence-corrected chi connectivity index (χ4v) is 1.13. The summed E-state index contributed by atoms with van der Waals surface area (Å²) in [6, 6.07) is 0. The topological polar surface area (TPSA) is 70.7 Å². The summed E-state index contributed by atoms with van der Waals surface area (Å²) in [4.78, 5) is 15.3. The van der Waals surface area contributed by atoms with Crippen molar-refractivity contribution in [2.24, 2.45) is 0 Å². The van der Waals surface area contributed by atoms with E-state index in [1.165, 1.54) is 7.05 Å². The molecule has 2 N–H and O–H groups in total. The zero-order valence-corrected chi connectivity index (χ0v) is 13.2. The summed E-state index contributed by atoms with van der Waals surface area (Å²) in [6.07, 6.45) is 5.76. The smallest absolute Gasteiger partial charge is 0.290 e. The van der Waals surface area contributed by atoms with Gasteiger partial charge in [0.2, 0.25) is 5.82 Å². The Balaban J connectivity index is 0. The molecule has 0 unspecified atom stereocenters. The van der Waals surface area contributed by atoms with Gasteiger partial charge in [-0.15, -0.1) is 5.10 Å². The zero-order valence-electron chi connectivity index (χ0n) is 13.2. The SMILES string of the molecule is C=C/C=C(\C=C)Cc1nc(C(=O)NC)n[nH]1.CC.CC. The molecule has 0 fully saturated rings. The van der Waals surface area contributed by atoms with Crippen molar-refractivity contribution in [1.82, 2.24) is 20.5 Å². The van der Waals surface area contributed by atoms with Crippen LogP contribution in [-0.2, 0) is 6.42 Å². The first-order valence-electron chi connectivity index (χ1n) is 6.78. The lowest BCUT2D eigenvalue weighted by Gasteiger charge is -1.95. The van der Waals surface area contributed by atoms with Gasteiger partial charge in [0.15, 0.2) is 0 Å². The number of aromatic amines is 1. The molecule has 1 amide bonds. The molecule has 112 valence electrons. The van der Waals surface area contributed by atoms with Gasteiger partial charge in [-0.2, -0.15) is 0 Å². The van der Waals surface area contributed by atoms with Crippen molar-refractivity contribution in [3.63, 3.8) is 0 Å². The Morgan fingerprint density at radius 2 is 1.90 bits per heavy atom. The maximum absolute atomic E-state index is 11.2. The van der Waals surface area contributed by atoms with Crippen LogP contribution in [0.3, 0.4) is 0 Å². The molecule has 0 aliphatic heterocycles. The number of hydrogen-bond acceptors (Lipinski definition) is 3. The van der Waals surface area contributed by atoms with E-state index in [0.717, 1.165) is 5.57 Å². The van der Waals surface area contributed by atoms with E-state index >= 15 is 0 Å². The van der Waals surface area contributed by atoms with Crippen LogP contribution in [0.2, 0.25) is 0 Å². The van der Waals surface area contributed by atoms with Crippen molar-refractivity contribution in [3.05, 3.63) is 48.6 Å². The quantitative estimate of drug-likeness (QED) is 0.813. The Bertz CT molecular complexity index is 433. The third kappa shape index (κ3) is 7.31. The number of H-pyrrole nitrogens is 1. The number of rotatable bonds is 5. The predicted molar refractivity (Wildman–Crippen MR) is 84.6 cm³/mol. The van der Waals surface area contributed by atoms with Crippen molar-refractivity contribution in [2.75, 3.05) is 7.05 Å². The molecule has 0 atom stereocenters. The molecule has 0 radical (unpaired) electrons. The van der Waals surface area contributed by atoms with Crippen LogP contribution in [0.4, 0.5) is 0 Å². The van der Waals surface area contributed by atoms with Crippen LogP contribution in [0.1, 0.15) is 44.1 Å². The molecule has 5 nitrogen and oxygen atoms in total. The summed E-state index contributed by atoms with van der Waals surface area (Å²) in [5.41, 5.74) is 0.953. The average molecular weight is 278 g/mol. The minimum Gasteiger partial charge on any atom is -0.352 e. The summed E-state index contributed by atoms with van der Waals surface area (Å²) >= 11 is 0. The molecule has 0 aliphatic rings. The van der Waals surface area contributed by atoms with Gasteiger partial charge in [0, 0.05) is 13.5 Å². The maximum Gasteiger partial charge on any atom is 0.290 e. The standard InChI is InChI=1S/C11H14N4O.2C2H6/c1-4-6-8(5-2)7-9-13-10(15-14-9)11(16)12-3;2*1-2/h4-6H,1-2,7H2,3H3,(H,12,16)(H,13,14,15);2*1-2H3/b8-6+;;. The first kappa shape index (κ1) is 20.2. The van der Waals surface area contributed by atoms with E-state index in [4.69, 9.17) is 0 Å². The Labute approximate surface area is 121 Å². The lowest BCUT2D eigenvalue weighted by molar-refractivity contribution is 0.0953. The normalized spacial score (nSPS) is 9.35. The summed E-state index contributed by atoms with van der Waals surface area (Å²) in [5.74, 6) is 0.446. The third-order valence-corrected chi connectivity index (χ3v) is 1.93. The van der Waals surface area contributed by atoms with Gasteiger partial charge in [-0.3, -0.25) is 9.89 Å². The Morgan fingerprint density at radius 1 is 1.30 bits per heavy atom. The fourth-order valence-electron chi connectivity index (χ4n) is 1.13. The predicted octanol–water partition coefficient (Wildman–Crippen LogP) is 3.06. The highest BCUT2D eigenvalue weighted by molar-refractivity contribution is 5.89. The Hall–Kier alpha value is -2.17. The summed E-state index contributed by atoms with van der Waals surface area (Å²) in [5, 5.41) is 8.95. The number of aromatic nitrogens is 3. The van der Waals surface area contributed by atoms with E-state index < -0.39 is 0 Å². The minimum absolute atomic E-state index is 0.138. The van der Waals surface area contributed by atoms with Crippen LogP contribution in [0.25, 0.3) is 0 Å². The highest BCUT2D eigenvalue weighted by Crippen LogP contribution is 2.04. The van der Waals surface area contributed by atoms with E-state index in [9.17, 15) is 4.79 Å². The average Bonchev–Trinajstić information content (AvgIpc) is 2.98. The number of carbonyl (C=O) groups is 1. The van der Waals surface area contributed by atoms with E-state index in [0.29, 0.717) is 12.2 Å². The number of carbonyl (C=O) groups excluding carboxylic acids is 1. The molecule has 1 aromatic heterocycles. The summed E-state index contributed by atoms with van der Waals surface area (Å²) < 4.78 is 0. The molecular formula is C15H26N4O. The number of hydrogen-bond donors (Lipinski definition) is 2. The Morgan fingerprint density at radius 3 is 2.35 bits per heavy atom. The van der Waals surface area contributed by atoms with Crippen molar-refractivity contribution < 1.29 is 4.79 Å². The van der Waals surface area contributed by atoms with Gasteiger partial charge in [0.1, 0.15) is 5.82 Å². The minimum atomic E-state index is -0.310. The molecule has 0 aliphatic carbocycles. The van der Waals surface area contributed by atoms with Crippen LogP contribution in [0.15, 0.2) is 37.0 Å². The van der Waals surface area contributed by atoms with Crippen molar-refractivity contribution in [2.45, 2.75) is 34.1 Å². The van der Waals surface area contributed by atoms with Crippen LogP contribution in [0.5, 0.6) is 0 Å². The second-order valence-corrected chi connectivity index (χ2v) is 3.04. The molecule has 0 aromatic carbocycles. The van der Waals surface area contributed by atoms with Gasteiger partial charge in [-0.1, -0.05) is 59.1 Å². The number of allylic oxidation sites excluding steroid dienone is 4. The highest BCUT2D eigenvalue weighted by Gasteiger charge is 2.10. The summed E-state index contributed by atoms with van der Waals surface area (Å²) in [7, 11) is 1.53. The van der Waals surface area contributed by atoms with E-state index in [1.54, 1.807) is 12.2 Å². The first-order chi connectivity index (χ1) is 9.71. The number of nitrogens with zero attached hydrogens (tertiary/aromatic N) is 2. The van der Waals surface area contributed by atoms with E-state index in [-0.39, 0.29) is 11.7 Å². The molecule has 0 spiro atoms. The molecular weight excluding hydrogens is 252 g/mol. The van der Waals surface area contributed by atoms with Gasteiger partial charge in [0.05, 0.1) is 0 Å². The lowest BCUT2D eigenvalue weighted by Crippen LogP contribution is -2.19. The van der Waals surface area contributed by atoms with Crippen LogP contribution >= 0.6 is 0 Å². The monoisotopic (exact) mass is 278 g/mol. The second-order valence-electron chi connectivity index (χ2n) is 3.04. The van der Waals surface area contributed by atoms with Crippen molar-refractivity contribution >= 4 is 5.91 Å². The first-order valence-corrected chi connectivity index (χ1v) is 6.78. The highest BCUT2D eigenvalue weighted by atomic mass is 16.2. The molecule has 1 heterocycles. The zero-order chi connectivity index (χ0) is 16.0. The summed E-state index contributed by atoms with van der Waals surface area (Å²) in [6.45, 7) is 15.3. The largest absolute Gasteiger partial charge is 0.352 e. The van der Waals surface area contributed by atoms with E-state index in [2.05, 4.69) is 33.7 Å².